The Labute approximate surface area is 82.4 Å². The molecule has 78 valence electrons. The van der Waals surface area contributed by atoms with Gasteiger partial charge in [-0.05, 0) is 0 Å². The molecule has 5 heteroatoms. The quantitative estimate of drug-likeness (QED) is 0.719. The van der Waals surface area contributed by atoms with Crippen LogP contribution in [0.5, 0.6) is 0 Å². The van der Waals surface area contributed by atoms with Crippen LogP contribution in [0.3, 0.4) is 0 Å². The van der Waals surface area contributed by atoms with Gasteiger partial charge in [-0.15, -0.1) is 0 Å². The summed E-state index contributed by atoms with van der Waals surface area (Å²) in [6.07, 6.45) is 0. The molecule has 0 aliphatic carbocycles. The highest BCUT2D eigenvalue weighted by molar-refractivity contribution is 5.80. The summed E-state index contributed by atoms with van der Waals surface area (Å²) >= 11 is 0. The topological polar surface area (TPSA) is 95.1 Å². The summed E-state index contributed by atoms with van der Waals surface area (Å²) in [5.41, 5.74) is 10.8. The number of hydrogen-bond donors (Lipinski definition) is 2. The number of carbonyl (C=O) groups excluding carboxylic acids is 1. The number of primary amides is 1. The average molecular weight is 197 g/mol. The number of carbonyl (C=O) groups is 1. The van der Waals surface area contributed by atoms with E-state index in [-0.39, 0.29) is 5.41 Å². The number of aromatic nitrogens is 1. The van der Waals surface area contributed by atoms with Gasteiger partial charge in [0.1, 0.15) is 17.5 Å². The predicted molar refractivity (Wildman–Crippen MR) is 51.3 cm³/mol. The molecule has 0 unspecified atom stereocenters. The summed E-state index contributed by atoms with van der Waals surface area (Å²) in [5, 5.41) is 3.70. The van der Waals surface area contributed by atoms with Gasteiger partial charge in [-0.2, -0.15) is 0 Å². The molecule has 0 aromatic carbocycles. The molecule has 1 amide bonds. The first-order valence-corrected chi connectivity index (χ1v) is 4.34. The van der Waals surface area contributed by atoms with E-state index in [0.717, 1.165) is 0 Å². The Morgan fingerprint density at radius 1 is 1.57 bits per heavy atom. The highest BCUT2D eigenvalue weighted by Gasteiger charge is 2.23. The molecule has 14 heavy (non-hydrogen) atoms. The maximum Gasteiger partial charge on any atom is 0.240 e. The van der Waals surface area contributed by atoms with E-state index in [2.05, 4.69) is 5.16 Å². The normalized spacial score (nSPS) is 14.0. The van der Waals surface area contributed by atoms with Crippen LogP contribution in [0.15, 0.2) is 10.6 Å². The van der Waals surface area contributed by atoms with Gasteiger partial charge in [-0.1, -0.05) is 25.9 Å². The molecule has 1 heterocycles. The summed E-state index contributed by atoms with van der Waals surface area (Å²) in [6.45, 7) is 5.94. The molecular weight excluding hydrogens is 182 g/mol. The van der Waals surface area contributed by atoms with E-state index < -0.39 is 11.9 Å². The second-order valence-electron chi connectivity index (χ2n) is 4.25. The number of amides is 1. The molecule has 0 radical (unpaired) electrons. The van der Waals surface area contributed by atoms with Gasteiger partial charge in [0, 0.05) is 11.5 Å². The van der Waals surface area contributed by atoms with Crippen LogP contribution in [0.25, 0.3) is 0 Å². The molecule has 0 aliphatic rings. The van der Waals surface area contributed by atoms with Crippen LogP contribution in [0.1, 0.15) is 38.3 Å². The second kappa shape index (κ2) is 3.42. The van der Waals surface area contributed by atoms with E-state index in [4.69, 9.17) is 16.0 Å². The largest absolute Gasteiger partial charge is 0.368 e. The minimum absolute atomic E-state index is 0.150. The van der Waals surface area contributed by atoms with Gasteiger partial charge in [0.15, 0.2) is 0 Å². The number of nitrogens with two attached hydrogens (primary N) is 2. The Hall–Kier alpha value is -1.36. The molecule has 0 aliphatic heterocycles. The van der Waals surface area contributed by atoms with Crippen LogP contribution in [0.4, 0.5) is 0 Å². The van der Waals surface area contributed by atoms with Gasteiger partial charge in [-0.3, -0.25) is 4.79 Å². The van der Waals surface area contributed by atoms with Crippen LogP contribution in [0.2, 0.25) is 0 Å². The first kappa shape index (κ1) is 10.7. The Balaban J connectivity index is 2.94. The zero-order valence-corrected chi connectivity index (χ0v) is 8.57. The van der Waals surface area contributed by atoms with Gasteiger partial charge >= 0.3 is 0 Å². The van der Waals surface area contributed by atoms with Crippen molar-refractivity contribution in [1.82, 2.24) is 5.16 Å². The standard InChI is InChI=1S/C9H15N3O2/c1-9(2,3)6-4-5(12-14-6)7(10)8(11)13/h4,7H,10H2,1-3H3,(H2,11,13)/t7-/m0/s1. The van der Waals surface area contributed by atoms with Gasteiger partial charge in [0.05, 0.1) is 0 Å². The van der Waals surface area contributed by atoms with E-state index in [1.165, 1.54) is 0 Å². The lowest BCUT2D eigenvalue weighted by Gasteiger charge is -2.12. The lowest BCUT2D eigenvalue weighted by atomic mass is 9.93. The van der Waals surface area contributed by atoms with Crippen molar-refractivity contribution in [3.05, 3.63) is 17.5 Å². The van der Waals surface area contributed by atoms with Crippen LogP contribution in [0, 0.1) is 0 Å². The fraction of sp³-hybridized carbons (Fsp3) is 0.556. The van der Waals surface area contributed by atoms with Gasteiger partial charge in [-0.25, -0.2) is 0 Å². The molecule has 1 atom stereocenters. The molecule has 0 fully saturated rings. The van der Waals surface area contributed by atoms with Crippen molar-refractivity contribution in [1.29, 1.82) is 0 Å². The van der Waals surface area contributed by atoms with E-state index in [1.807, 2.05) is 20.8 Å². The fourth-order valence-corrected chi connectivity index (χ4v) is 0.935. The SMILES string of the molecule is CC(C)(C)c1cc([C@H](N)C(N)=O)no1. The summed E-state index contributed by atoms with van der Waals surface area (Å²) in [7, 11) is 0. The molecule has 0 spiro atoms. The predicted octanol–water partition coefficient (Wildman–Crippen LogP) is 0.457. The highest BCUT2D eigenvalue weighted by atomic mass is 16.5. The lowest BCUT2D eigenvalue weighted by Crippen LogP contribution is -2.28. The number of rotatable bonds is 2. The second-order valence-corrected chi connectivity index (χ2v) is 4.25. The third kappa shape index (κ3) is 2.11. The lowest BCUT2D eigenvalue weighted by molar-refractivity contribution is -0.119. The van der Waals surface area contributed by atoms with Crippen molar-refractivity contribution in [2.75, 3.05) is 0 Å². The molecule has 5 nitrogen and oxygen atoms in total. The van der Waals surface area contributed by atoms with E-state index in [1.54, 1.807) is 6.07 Å². The molecule has 1 aromatic heterocycles. The van der Waals surface area contributed by atoms with Crippen molar-refractivity contribution < 1.29 is 9.32 Å². The van der Waals surface area contributed by atoms with Crippen LogP contribution in [-0.4, -0.2) is 11.1 Å². The van der Waals surface area contributed by atoms with E-state index in [9.17, 15) is 4.79 Å². The average Bonchev–Trinajstić information content (AvgIpc) is 2.49. The Kier molecular flexibility index (Phi) is 2.62. The summed E-state index contributed by atoms with van der Waals surface area (Å²) in [4.78, 5) is 10.8. The van der Waals surface area contributed by atoms with Crippen LogP contribution < -0.4 is 11.5 Å². The van der Waals surface area contributed by atoms with Crippen molar-refractivity contribution in [2.24, 2.45) is 11.5 Å². The van der Waals surface area contributed by atoms with Gasteiger partial charge < -0.3 is 16.0 Å². The minimum atomic E-state index is -0.894. The molecule has 4 N–H and O–H groups in total. The Morgan fingerprint density at radius 3 is 2.50 bits per heavy atom. The molecular formula is C9H15N3O2. The van der Waals surface area contributed by atoms with Crippen LogP contribution in [-0.2, 0) is 10.2 Å². The fourth-order valence-electron chi connectivity index (χ4n) is 0.935. The maximum absolute atomic E-state index is 10.8. The van der Waals surface area contributed by atoms with Crippen molar-refractivity contribution in [2.45, 2.75) is 32.2 Å². The summed E-state index contributed by atoms with van der Waals surface area (Å²) < 4.78 is 5.06. The molecule has 0 bridgehead atoms. The summed E-state index contributed by atoms with van der Waals surface area (Å²) in [5.74, 6) is 0.0722. The van der Waals surface area contributed by atoms with Gasteiger partial charge in [0.25, 0.3) is 0 Å². The summed E-state index contributed by atoms with van der Waals surface area (Å²) in [6, 6.07) is 0.768. The third-order valence-corrected chi connectivity index (χ3v) is 1.89. The number of nitrogens with zero attached hydrogens (tertiary/aromatic N) is 1. The maximum atomic E-state index is 10.8. The minimum Gasteiger partial charge on any atom is -0.368 e. The van der Waals surface area contributed by atoms with Crippen LogP contribution >= 0.6 is 0 Å². The Bertz CT molecular complexity index is 338. The molecule has 1 rings (SSSR count). The third-order valence-electron chi connectivity index (χ3n) is 1.89. The monoisotopic (exact) mass is 197 g/mol. The molecule has 0 saturated carbocycles. The van der Waals surface area contributed by atoms with Crippen molar-refractivity contribution in [3.8, 4) is 0 Å². The highest BCUT2D eigenvalue weighted by Crippen LogP contribution is 2.24. The first-order chi connectivity index (χ1) is 6.32. The zero-order valence-electron chi connectivity index (χ0n) is 8.57. The van der Waals surface area contributed by atoms with E-state index >= 15 is 0 Å². The van der Waals surface area contributed by atoms with E-state index in [0.29, 0.717) is 11.5 Å². The zero-order chi connectivity index (χ0) is 10.9. The van der Waals surface area contributed by atoms with Gasteiger partial charge in [0.2, 0.25) is 5.91 Å². The van der Waals surface area contributed by atoms with Crippen molar-refractivity contribution >= 4 is 5.91 Å². The Morgan fingerprint density at radius 2 is 2.14 bits per heavy atom. The molecule has 1 aromatic rings. The number of hydrogen-bond acceptors (Lipinski definition) is 4. The first-order valence-electron chi connectivity index (χ1n) is 4.34. The van der Waals surface area contributed by atoms with Crippen molar-refractivity contribution in [3.63, 3.8) is 0 Å². The smallest absolute Gasteiger partial charge is 0.240 e. The molecule has 0 saturated heterocycles.